The SMILES string of the molecule is Cc1cccc(OCCN(C)C(=O)CN2CCCC2)c1.Cl. The lowest BCUT2D eigenvalue weighted by molar-refractivity contribution is -0.131. The van der Waals surface area contributed by atoms with Gasteiger partial charge in [0.15, 0.2) is 0 Å². The van der Waals surface area contributed by atoms with Crippen molar-refractivity contribution in [2.24, 2.45) is 0 Å². The number of hydrogen-bond donors (Lipinski definition) is 0. The highest BCUT2D eigenvalue weighted by Gasteiger charge is 2.17. The molecule has 1 amide bonds. The van der Waals surface area contributed by atoms with Crippen molar-refractivity contribution in [3.63, 3.8) is 0 Å². The van der Waals surface area contributed by atoms with E-state index in [1.807, 2.05) is 38.2 Å². The van der Waals surface area contributed by atoms with Crippen LogP contribution in [0.3, 0.4) is 0 Å². The molecule has 118 valence electrons. The Balaban J connectivity index is 0.00000220. The first-order valence-electron chi connectivity index (χ1n) is 7.31. The minimum Gasteiger partial charge on any atom is -0.492 e. The third-order valence-corrected chi connectivity index (χ3v) is 3.67. The summed E-state index contributed by atoms with van der Waals surface area (Å²) < 4.78 is 5.67. The molecule has 0 unspecified atom stereocenters. The smallest absolute Gasteiger partial charge is 0.236 e. The van der Waals surface area contributed by atoms with Crippen LogP contribution in [0.1, 0.15) is 18.4 Å². The Labute approximate surface area is 133 Å². The van der Waals surface area contributed by atoms with Gasteiger partial charge in [0.2, 0.25) is 5.91 Å². The predicted octanol–water partition coefficient (Wildman–Crippen LogP) is 2.35. The zero-order chi connectivity index (χ0) is 14.4. The number of likely N-dealkylation sites (N-methyl/N-ethyl adjacent to an activating group) is 1. The summed E-state index contributed by atoms with van der Waals surface area (Å²) in [5.74, 6) is 1.05. The van der Waals surface area contributed by atoms with Gasteiger partial charge >= 0.3 is 0 Å². The number of carbonyl (C=O) groups is 1. The summed E-state index contributed by atoms with van der Waals surface area (Å²) >= 11 is 0. The summed E-state index contributed by atoms with van der Waals surface area (Å²) in [5.41, 5.74) is 1.18. The summed E-state index contributed by atoms with van der Waals surface area (Å²) in [6, 6.07) is 7.97. The Hall–Kier alpha value is -1.26. The number of benzene rings is 1. The van der Waals surface area contributed by atoms with Crippen LogP contribution in [0.5, 0.6) is 5.75 Å². The summed E-state index contributed by atoms with van der Waals surface area (Å²) in [7, 11) is 1.85. The number of ether oxygens (including phenoxy) is 1. The second-order valence-electron chi connectivity index (χ2n) is 5.46. The number of carbonyl (C=O) groups excluding carboxylic acids is 1. The molecule has 1 saturated heterocycles. The third kappa shape index (κ3) is 5.94. The molecule has 1 aromatic carbocycles. The van der Waals surface area contributed by atoms with Gasteiger partial charge < -0.3 is 9.64 Å². The molecule has 0 spiro atoms. The average molecular weight is 313 g/mol. The van der Waals surface area contributed by atoms with Crippen LogP contribution in [0.2, 0.25) is 0 Å². The molecule has 2 rings (SSSR count). The quantitative estimate of drug-likeness (QED) is 0.808. The molecule has 21 heavy (non-hydrogen) atoms. The molecule has 0 saturated carbocycles. The van der Waals surface area contributed by atoms with Crippen molar-refractivity contribution >= 4 is 18.3 Å². The zero-order valence-corrected chi connectivity index (χ0v) is 13.7. The maximum atomic E-state index is 12.0. The molecule has 0 N–H and O–H groups in total. The monoisotopic (exact) mass is 312 g/mol. The number of amides is 1. The van der Waals surface area contributed by atoms with Gasteiger partial charge in [0.05, 0.1) is 13.1 Å². The van der Waals surface area contributed by atoms with Crippen molar-refractivity contribution in [1.82, 2.24) is 9.80 Å². The molecule has 1 fully saturated rings. The molecule has 1 heterocycles. The van der Waals surface area contributed by atoms with Crippen molar-refractivity contribution in [2.45, 2.75) is 19.8 Å². The van der Waals surface area contributed by atoms with E-state index in [0.29, 0.717) is 19.7 Å². The van der Waals surface area contributed by atoms with Gasteiger partial charge in [0, 0.05) is 7.05 Å². The van der Waals surface area contributed by atoms with Crippen LogP contribution in [0, 0.1) is 6.92 Å². The minimum atomic E-state index is 0. The third-order valence-electron chi connectivity index (χ3n) is 3.67. The summed E-state index contributed by atoms with van der Waals surface area (Å²) in [6.07, 6.45) is 2.43. The molecule has 0 aliphatic carbocycles. The van der Waals surface area contributed by atoms with E-state index >= 15 is 0 Å². The Bertz CT molecular complexity index is 448. The van der Waals surface area contributed by atoms with Crippen LogP contribution in [-0.4, -0.2) is 55.5 Å². The van der Waals surface area contributed by atoms with Crippen molar-refractivity contribution < 1.29 is 9.53 Å². The number of halogens is 1. The van der Waals surface area contributed by atoms with E-state index in [9.17, 15) is 4.79 Å². The van der Waals surface area contributed by atoms with Gasteiger partial charge in [0.25, 0.3) is 0 Å². The van der Waals surface area contributed by atoms with E-state index in [-0.39, 0.29) is 18.3 Å². The van der Waals surface area contributed by atoms with Crippen molar-refractivity contribution in [3.8, 4) is 5.75 Å². The van der Waals surface area contributed by atoms with Crippen LogP contribution in [-0.2, 0) is 4.79 Å². The Morgan fingerprint density at radius 2 is 2.05 bits per heavy atom. The highest BCUT2D eigenvalue weighted by Crippen LogP contribution is 2.12. The Kier molecular flexibility index (Phi) is 7.54. The minimum absolute atomic E-state index is 0. The lowest BCUT2D eigenvalue weighted by atomic mass is 10.2. The first kappa shape index (κ1) is 17.8. The number of likely N-dealkylation sites (tertiary alicyclic amines) is 1. The van der Waals surface area contributed by atoms with E-state index in [1.54, 1.807) is 4.90 Å². The maximum absolute atomic E-state index is 12.0. The standard InChI is InChI=1S/C16H24N2O2.ClH/c1-14-6-5-7-15(12-14)20-11-10-17(2)16(19)13-18-8-3-4-9-18;/h5-7,12H,3-4,8-11,13H2,1-2H3;1H. The molecule has 0 aromatic heterocycles. The molecule has 0 radical (unpaired) electrons. The fourth-order valence-electron chi connectivity index (χ4n) is 2.38. The van der Waals surface area contributed by atoms with Crippen molar-refractivity contribution in [2.75, 3.05) is 39.8 Å². The molecule has 0 atom stereocenters. The summed E-state index contributed by atoms with van der Waals surface area (Å²) in [4.78, 5) is 16.0. The molecule has 0 bridgehead atoms. The largest absolute Gasteiger partial charge is 0.492 e. The lowest BCUT2D eigenvalue weighted by Gasteiger charge is -2.21. The zero-order valence-electron chi connectivity index (χ0n) is 12.9. The van der Waals surface area contributed by atoms with Crippen molar-refractivity contribution in [1.29, 1.82) is 0 Å². The van der Waals surface area contributed by atoms with E-state index in [2.05, 4.69) is 4.90 Å². The molecule has 5 heteroatoms. The van der Waals surface area contributed by atoms with E-state index in [1.165, 1.54) is 18.4 Å². The number of nitrogens with zero attached hydrogens (tertiary/aromatic N) is 2. The first-order valence-corrected chi connectivity index (χ1v) is 7.31. The van der Waals surface area contributed by atoms with Crippen LogP contribution in [0.25, 0.3) is 0 Å². The van der Waals surface area contributed by atoms with Gasteiger partial charge in [-0.2, -0.15) is 0 Å². The molecular weight excluding hydrogens is 288 g/mol. The predicted molar refractivity (Wildman–Crippen MR) is 87.2 cm³/mol. The maximum Gasteiger partial charge on any atom is 0.236 e. The molecular formula is C16H25ClN2O2. The van der Waals surface area contributed by atoms with Gasteiger partial charge in [-0.05, 0) is 50.6 Å². The molecule has 1 aliphatic rings. The van der Waals surface area contributed by atoms with Gasteiger partial charge in [-0.1, -0.05) is 12.1 Å². The van der Waals surface area contributed by atoms with Crippen LogP contribution in [0.15, 0.2) is 24.3 Å². The van der Waals surface area contributed by atoms with E-state index in [0.717, 1.165) is 18.8 Å². The highest BCUT2D eigenvalue weighted by atomic mass is 35.5. The lowest BCUT2D eigenvalue weighted by Crippen LogP contribution is -2.38. The van der Waals surface area contributed by atoms with Crippen LogP contribution >= 0.6 is 12.4 Å². The van der Waals surface area contributed by atoms with E-state index < -0.39 is 0 Å². The highest BCUT2D eigenvalue weighted by molar-refractivity contribution is 5.85. The molecule has 1 aromatic rings. The molecule has 1 aliphatic heterocycles. The van der Waals surface area contributed by atoms with Gasteiger partial charge in [-0.15, -0.1) is 12.4 Å². The van der Waals surface area contributed by atoms with Crippen LogP contribution in [0.4, 0.5) is 0 Å². The second kappa shape index (κ2) is 8.90. The number of rotatable bonds is 6. The summed E-state index contributed by atoms with van der Waals surface area (Å²) in [5, 5.41) is 0. The fraction of sp³-hybridized carbons (Fsp3) is 0.562. The number of hydrogen-bond acceptors (Lipinski definition) is 3. The van der Waals surface area contributed by atoms with Gasteiger partial charge in [-0.25, -0.2) is 0 Å². The summed E-state index contributed by atoms with van der Waals surface area (Å²) in [6.45, 7) is 5.85. The Morgan fingerprint density at radius 3 is 2.71 bits per heavy atom. The topological polar surface area (TPSA) is 32.8 Å². The van der Waals surface area contributed by atoms with Gasteiger partial charge in [-0.3, -0.25) is 9.69 Å². The first-order chi connectivity index (χ1) is 9.65. The van der Waals surface area contributed by atoms with Gasteiger partial charge in [0.1, 0.15) is 12.4 Å². The average Bonchev–Trinajstić information content (AvgIpc) is 2.91. The fourth-order valence-corrected chi connectivity index (χ4v) is 2.38. The normalized spacial score (nSPS) is 14.6. The Morgan fingerprint density at radius 1 is 1.33 bits per heavy atom. The molecule has 4 nitrogen and oxygen atoms in total. The van der Waals surface area contributed by atoms with Crippen molar-refractivity contribution in [3.05, 3.63) is 29.8 Å². The van der Waals surface area contributed by atoms with Crippen LogP contribution < -0.4 is 4.74 Å². The van der Waals surface area contributed by atoms with E-state index in [4.69, 9.17) is 4.74 Å². The number of aryl methyl sites for hydroxylation is 1. The second-order valence-corrected chi connectivity index (χ2v) is 5.46.